The number of rotatable bonds is 19. The number of amides is 4. The van der Waals surface area contributed by atoms with Gasteiger partial charge in [-0.15, -0.1) is 11.3 Å². The van der Waals surface area contributed by atoms with E-state index in [4.69, 9.17) is 4.98 Å². The first-order valence-corrected chi connectivity index (χ1v) is 28.9. The number of carbonyl (C=O) groups excluding carboxylic acids is 4. The van der Waals surface area contributed by atoms with Gasteiger partial charge in [-0.3, -0.25) is 24.6 Å². The summed E-state index contributed by atoms with van der Waals surface area (Å²) >= 11 is 1.57. The first-order chi connectivity index (χ1) is 38.6. The highest BCUT2D eigenvalue weighted by molar-refractivity contribution is 7.13. The van der Waals surface area contributed by atoms with E-state index in [1.807, 2.05) is 117 Å². The second-order valence-electron chi connectivity index (χ2n) is 22.3. The number of aryl methyl sites for hydroxylation is 1. The van der Waals surface area contributed by atoms with Crippen LogP contribution in [-0.2, 0) is 32.3 Å². The number of hydrogen-bond donors (Lipinski definition) is 6. The summed E-state index contributed by atoms with van der Waals surface area (Å²) in [5.41, 5.74) is 11.1. The second kappa shape index (κ2) is 26.0. The van der Waals surface area contributed by atoms with Crippen LogP contribution in [0.15, 0.2) is 121 Å². The molecule has 3 atom stereocenters. The van der Waals surface area contributed by atoms with E-state index >= 15 is 0 Å². The molecular weight excluding hydrogens is 1020 g/mol. The number of thiazole rings is 1. The van der Waals surface area contributed by atoms with E-state index in [2.05, 4.69) is 73.7 Å². The smallest absolute Gasteiger partial charge is 0.246 e. The third-order valence-electron chi connectivity index (χ3n) is 15.3. The largest absolute Gasteiger partial charge is 0.393 e. The van der Waals surface area contributed by atoms with Crippen molar-refractivity contribution in [3.63, 3.8) is 0 Å². The highest BCUT2D eigenvalue weighted by atomic mass is 32.1. The molecule has 0 radical (unpaired) electrons. The molecule has 2 aliphatic rings. The molecule has 0 spiro atoms. The van der Waals surface area contributed by atoms with Crippen LogP contribution in [0.2, 0.25) is 0 Å². The van der Waals surface area contributed by atoms with Gasteiger partial charge < -0.3 is 40.2 Å². The third-order valence-corrected chi connectivity index (χ3v) is 16.3. The zero-order valence-corrected chi connectivity index (χ0v) is 47.0. The molecule has 80 heavy (non-hydrogen) atoms. The summed E-state index contributed by atoms with van der Waals surface area (Å²) < 4.78 is 4.23. The molecular formula is C64H73N9O6S. The number of aliphatic hydroxyl groups is 2. The Kier molecular flexibility index (Phi) is 18.6. The first kappa shape index (κ1) is 57.0. The van der Waals surface area contributed by atoms with Crippen molar-refractivity contribution in [1.29, 1.82) is 5.41 Å². The number of carbonyl (C=O) groups is 4. The summed E-state index contributed by atoms with van der Waals surface area (Å²) in [6.07, 6.45) is 6.40. The fourth-order valence-electron chi connectivity index (χ4n) is 11.0. The number of fused-ring (bicyclic) bond motifs is 1. The van der Waals surface area contributed by atoms with Gasteiger partial charge in [-0.25, -0.2) is 9.97 Å². The number of likely N-dealkylation sites (tertiary alicyclic amines) is 1. The lowest BCUT2D eigenvalue weighted by Crippen LogP contribution is -2.57. The van der Waals surface area contributed by atoms with Crippen LogP contribution in [0.3, 0.4) is 0 Å². The van der Waals surface area contributed by atoms with Gasteiger partial charge in [0.15, 0.2) is 0 Å². The van der Waals surface area contributed by atoms with Gasteiger partial charge in [0.25, 0.3) is 0 Å². The lowest BCUT2D eigenvalue weighted by Gasteiger charge is -2.35. The van der Waals surface area contributed by atoms with E-state index in [0.29, 0.717) is 44.3 Å². The van der Waals surface area contributed by atoms with Crippen LogP contribution in [0.1, 0.15) is 120 Å². The van der Waals surface area contributed by atoms with Crippen molar-refractivity contribution in [1.82, 2.24) is 40.0 Å². The van der Waals surface area contributed by atoms with E-state index in [1.54, 1.807) is 11.3 Å². The molecule has 1 saturated heterocycles. The molecule has 16 heteroatoms. The molecule has 15 nitrogen and oxygen atoms in total. The van der Waals surface area contributed by atoms with Crippen LogP contribution in [0.4, 0.5) is 0 Å². The summed E-state index contributed by atoms with van der Waals surface area (Å²) in [6.45, 7) is 8.72. The minimum atomic E-state index is -0.958. The van der Waals surface area contributed by atoms with E-state index in [-0.39, 0.29) is 62.2 Å². The van der Waals surface area contributed by atoms with Crippen LogP contribution >= 0.6 is 11.3 Å². The van der Waals surface area contributed by atoms with Gasteiger partial charge in [0.05, 0.1) is 45.7 Å². The number of nitrogens with one attached hydrogen (secondary N) is 4. The molecule has 4 aromatic carbocycles. The monoisotopic (exact) mass is 1100 g/mol. The number of β-amino-alcohol motifs (C(OH)–C–C–N with tert-alkyl or cyclic N) is 1. The molecule has 9 rings (SSSR count). The topological polar surface area (TPSA) is 208 Å². The standard InChI is InChI=1S/C64H73N9O6S/c1-42-58(80-41-69-42)48-28-26-44(27-29-48)37-67-62(78)52-36-51(75)39-71(52)63(79)59(64(2,3)4)70-54(77)25-16-24-53(76)66-34-14-6-5-9-17-43-18-15-19-45(35-43)38-72-57(47-22-12-8-13-23-47)55(46-20-10-7-11-21-46)56-60(65)73(40-68-61(56)72)49-30-32-50(74)33-31-49/h7-8,10-13,15,18-23,26-29,35,40-41,49-52,59,65,74-75H,5-6,14,16,24-25,30-34,36-39H2,1-4H3,(H,66,76)(H,67,78)(H,70,77)/t49?,50?,51-,52+,59-/m1/s1. The van der Waals surface area contributed by atoms with Crippen molar-refractivity contribution in [2.75, 3.05) is 13.1 Å². The van der Waals surface area contributed by atoms with Crippen molar-refractivity contribution in [2.45, 2.75) is 142 Å². The normalized spacial score (nSPS) is 17.6. The Morgan fingerprint density at radius 3 is 2.20 bits per heavy atom. The Morgan fingerprint density at radius 1 is 0.787 bits per heavy atom. The predicted octanol–water partition coefficient (Wildman–Crippen LogP) is 9.22. The number of aliphatic hydroxyl groups excluding tert-OH is 2. The van der Waals surface area contributed by atoms with Crippen molar-refractivity contribution in [3.8, 4) is 44.7 Å². The molecule has 0 unspecified atom stereocenters. The Hall–Kier alpha value is -7.71. The average Bonchev–Trinajstić information content (AvgIpc) is 4.18. The Balaban J connectivity index is 0.746. The predicted molar refractivity (Wildman–Crippen MR) is 313 cm³/mol. The van der Waals surface area contributed by atoms with Gasteiger partial charge in [0, 0.05) is 69.0 Å². The molecule has 4 amide bonds. The SMILES string of the molecule is Cc1ncsc1-c1ccc(CNC(=O)[C@@H]2C[C@@H](O)CN2C(=O)[C@@H](NC(=O)CCCC(=O)NCCCCC#Cc2cccc(Cn3c(-c4ccccc4)c(-c4ccccc4)c4c(=N)n(C5CCC(O)CC5)cnc43)c2)C(C)(C)C)cc1. The maximum Gasteiger partial charge on any atom is 0.246 e. The Bertz CT molecular complexity index is 3420. The van der Waals surface area contributed by atoms with E-state index in [0.717, 1.165) is 91.9 Å². The third kappa shape index (κ3) is 13.8. The fourth-order valence-corrected chi connectivity index (χ4v) is 11.8. The summed E-state index contributed by atoms with van der Waals surface area (Å²) in [4.78, 5) is 65.6. The van der Waals surface area contributed by atoms with Gasteiger partial charge in [0.1, 0.15) is 23.2 Å². The fraction of sp³-hybridized carbons (Fsp3) is 0.391. The highest BCUT2D eigenvalue weighted by Crippen LogP contribution is 2.40. The maximum atomic E-state index is 14.1. The molecule has 2 fully saturated rings. The van der Waals surface area contributed by atoms with E-state index in [1.165, 1.54) is 4.90 Å². The minimum Gasteiger partial charge on any atom is -0.393 e. The van der Waals surface area contributed by atoms with Crippen LogP contribution in [0, 0.1) is 29.6 Å². The summed E-state index contributed by atoms with van der Waals surface area (Å²) in [6, 6.07) is 34.9. The molecule has 7 aromatic rings. The Morgan fingerprint density at radius 2 is 1.50 bits per heavy atom. The molecule has 6 N–H and O–H groups in total. The molecule has 1 aliphatic heterocycles. The summed E-state index contributed by atoms with van der Waals surface area (Å²) in [7, 11) is 0. The molecule has 4 heterocycles. The van der Waals surface area contributed by atoms with Crippen LogP contribution in [0.5, 0.6) is 0 Å². The van der Waals surface area contributed by atoms with Gasteiger partial charge in [0.2, 0.25) is 23.6 Å². The number of aromatic nitrogens is 4. The number of benzene rings is 4. The average molecular weight is 1100 g/mol. The second-order valence-corrected chi connectivity index (χ2v) is 23.2. The molecule has 3 aromatic heterocycles. The van der Waals surface area contributed by atoms with E-state index in [9.17, 15) is 34.8 Å². The van der Waals surface area contributed by atoms with Gasteiger partial charge >= 0.3 is 0 Å². The molecule has 1 saturated carbocycles. The van der Waals surface area contributed by atoms with Crippen molar-refractivity contribution >= 4 is 46.0 Å². The zero-order valence-electron chi connectivity index (χ0n) is 46.2. The van der Waals surface area contributed by atoms with Gasteiger partial charge in [-0.1, -0.05) is 130 Å². The quantitative estimate of drug-likeness (QED) is 0.0339. The van der Waals surface area contributed by atoms with Crippen LogP contribution in [-0.4, -0.2) is 95.2 Å². The first-order valence-electron chi connectivity index (χ1n) is 28.0. The van der Waals surface area contributed by atoms with Crippen molar-refractivity contribution < 1.29 is 29.4 Å². The van der Waals surface area contributed by atoms with Crippen molar-refractivity contribution in [3.05, 3.63) is 149 Å². The molecule has 0 bridgehead atoms. The maximum absolute atomic E-state index is 14.1. The highest BCUT2D eigenvalue weighted by Gasteiger charge is 2.44. The lowest BCUT2D eigenvalue weighted by molar-refractivity contribution is -0.144. The van der Waals surface area contributed by atoms with E-state index < -0.39 is 29.5 Å². The molecule has 1 aliphatic carbocycles. The zero-order chi connectivity index (χ0) is 56.3. The van der Waals surface area contributed by atoms with Crippen LogP contribution < -0.4 is 21.4 Å². The van der Waals surface area contributed by atoms with Crippen molar-refractivity contribution in [2.24, 2.45) is 5.41 Å². The van der Waals surface area contributed by atoms with Crippen LogP contribution in [0.25, 0.3) is 43.9 Å². The Labute approximate surface area is 472 Å². The number of nitrogens with zero attached hydrogens (tertiary/aromatic N) is 5. The number of hydrogen-bond acceptors (Lipinski definition) is 10. The van der Waals surface area contributed by atoms with Gasteiger partial charge in [-0.2, -0.15) is 0 Å². The molecule has 416 valence electrons. The summed E-state index contributed by atoms with van der Waals surface area (Å²) in [5.74, 6) is 5.33. The van der Waals surface area contributed by atoms with Gasteiger partial charge in [-0.05, 0) is 97.2 Å². The summed E-state index contributed by atoms with van der Waals surface area (Å²) in [5, 5.41) is 40.2. The lowest BCUT2D eigenvalue weighted by atomic mass is 9.85. The number of unbranched alkanes of at least 4 members (excludes halogenated alkanes) is 2. The minimum absolute atomic E-state index is 0.0211.